The zero-order valence-corrected chi connectivity index (χ0v) is 18.5. The van der Waals surface area contributed by atoms with Gasteiger partial charge in [0, 0.05) is 22.8 Å². The number of pyridine rings is 1. The quantitative estimate of drug-likeness (QED) is 0.298. The minimum atomic E-state index is -5.34. The third-order valence-electron chi connectivity index (χ3n) is 4.64. The summed E-state index contributed by atoms with van der Waals surface area (Å²) < 4.78 is 38.5. The van der Waals surface area contributed by atoms with E-state index in [1.807, 2.05) is 18.2 Å². The first-order chi connectivity index (χ1) is 17.3. The summed E-state index contributed by atoms with van der Waals surface area (Å²) in [6.07, 6.45) is -0.248. The fraction of sp³-hybridized carbons (Fsp3) is 0.0500. The molecule has 0 aliphatic rings. The lowest BCUT2D eigenvalue weighted by molar-refractivity contribution is -0.200. The highest BCUT2D eigenvalue weighted by atomic mass is 32.1. The number of nitrogens with one attached hydrogen (secondary N) is 3. The minimum absolute atomic E-state index is 0.132. The number of hydroxylamine groups is 1. The Bertz CT molecular complexity index is 1550. The highest BCUT2D eigenvalue weighted by Gasteiger charge is 2.44. The SMILES string of the molecule is O=C(c1cnc[nH]1)N(OC(=O)C(F)(F)F)c1cc(-c2nnc(Nc3ccc4[nH]ncc4c3)s2)ccn1. The molecule has 12 nitrogen and oxygen atoms in total. The lowest BCUT2D eigenvalue weighted by Gasteiger charge is -2.20. The van der Waals surface area contributed by atoms with E-state index in [9.17, 15) is 22.8 Å². The first kappa shape index (κ1) is 22.9. The van der Waals surface area contributed by atoms with E-state index in [4.69, 9.17) is 0 Å². The maximum Gasteiger partial charge on any atom is 0.493 e. The summed E-state index contributed by atoms with van der Waals surface area (Å²) in [4.78, 5) is 38.5. The highest BCUT2D eigenvalue weighted by Crippen LogP contribution is 2.31. The lowest BCUT2D eigenvalue weighted by atomic mass is 10.2. The molecule has 0 saturated heterocycles. The zero-order valence-electron chi connectivity index (χ0n) is 17.6. The van der Waals surface area contributed by atoms with Crippen molar-refractivity contribution in [2.75, 3.05) is 10.4 Å². The molecule has 182 valence electrons. The van der Waals surface area contributed by atoms with E-state index in [1.165, 1.54) is 18.3 Å². The van der Waals surface area contributed by atoms with Gasteiger partial charge in [-0.15, -0.1) is 15.3 Å². The summed E-state index contributed by atoms with van der Waals surface area (Å²) in [5.41, 5.74) is 1.73. The number of alkyl halides is 3. The van der Waals surface area contributed by atoms with Gasteiger partial charge in [-0.05, 0) is 30.3 Å². The summed E-state index contributed by atoms with van der Waals surface area (Å²) in [5.74, 6) is -4.11. The van der Waals surface area contributed by atoms with Crippen LogP contribution in [0.4, 0.5) is 29.8 Å². The molecule has 0 aliphatic carbocycles. The molecule has 0 fully saturated rings. The number of carbonyl (C=O) groups is 2. The fourth-order valence-corrected chi connectivity index (χ4v) is 3.77. The molecular weight excluding hydrogens is 503 g/mol. The van der Waals surface area contributed by atoms with E-state index in [0.717, 1.165) is 40.5 Å². The predicted molar refractivity (Wildman–Crippen MR) is 120 cm³/mol. The number of nitrogens with zero attached hydrogens (tertiary/aromatic N) is 6. The number of aromatic amines is 2. The molecule has 0 unspecified atom stereocenters. The molecule has 1 aromatic carbocycles. The largest absolute Gasteiger partial charge is 0.493 e. The molecule has 0 atom stereocenters. The zero-order chi connectivity index (χ0) is 25.3. The number of rotatable bonds is 5. The highest BCUT2D eigenvalue weighted by molar-refractivity contribution is 7.18. The Kier molecular flexibility index (Phi) is 5.77. The fourth-order valence-electron chi connectivity index (χ4n) is 3.01. The van der Waals surface area contributed by atoms with Crippen LogP contribution in [-0.2, 0) is 9.63 Å². The number of benzene rings is 1. The van der Waals surface area contributed by atoms with Crippen LogP contribution in [0.1, 0.15) is 10.5 Å². The van der Waals surface area contributed by atoms with Crippen LogP contribution in [0.3, 0.4) is 0 Å². The molecule has 0 bridgehead atoms. The molecule has 5 rings (SSSR count). The van der Waals surface area contributed by atoms with Gasteiger partial charge in [0.2, 0.25) is 5.13 Å². The Balaban J connectivity index is 1.42. The Morgan fingerprint density at radius 1 is 1.11 bits per heavy atom. The Hall–Kier alpha value is -4.86. The van der Waals surface area contributed by atoms with E-state index in [1.54, 1.807) is 6.20 Å². The van der Waals surface area contributed by atoms with Crippen LogP contribution in [0.5, 0.6) is 0 Å². The second kappa shape index (κ2) is 9.06. The van der Waals surface area contributed by atoms with Gasteiger partial charge in [0.25, 0.3) is 0 Å². The monoisotopic (exact) mass is 515 g/mol. The molecule has 4 aromatic heterocycles. The lowest BCUT2D eigenvalue weighted by Crippen LogP contribution is -2.39. The van der Waals surface area contributed by atoms with Crippen LogP contribution in [0.25, 0.3) is 21.5 Å². The molecule has 4 heterocycles. The molecular formula is C20H12F3N9O3S. The van der Waals surface area contributed by atoms with Crippen LogP contribution in [-0.4, -0.2) is 53.4 Å². The molecule has 3 N–H and O–H groups in total. The third-order valence-corrected chi connectivity index (χ3v) is 5.52. The average Bonchev–Trinajstić information content (AvgIpc) is 3.63. The number of anilines is 3. The maximum absolute atomic E-state index is 12.8. The predicted octanol–water partition coefficient (Wildman–Crippen LogP) is 3.61. The number of amides is 1. The van der Waals surface area contributed by atoms with Gasteiger partial charge in [-0.25, -0.2) is 14.8 Å². The van der Waals surface area contributed by atoms with Crippen molar-refractivity contribution in [3.8, 4) is 10.6 Å². The number of fused-ring (bicyclic) bond motifs is 1. The van der Waals surface area contributed by atoms with Gasteiger partial charge in [-0.2, -0.15) is 18.3 Å². The molecule has 0 saturated carbocycles. The number of hydrogen-bond donors (Lipinski definition) is 3. The van der Waals surface area contributed by atoms with Crippen molar-refractivity contribution >= 4 is 50.8 Å². The van der Waals surface area contributed by atoms with E-state index < -0.39 is 18.1 Å². The maximum atomic E-state index is 12.8. The molecule has 16 heteroatoms. The molecule has 0 radical (unpaired) electrons. The van der Waals surface area contributed by atoms with Crippen molar-refractivity contribution in [1.29, 1.82) is 0 Å². The van der Waals surface area contributed by atoms with Gasteiger partial charge in [0.1, 0.15) is 10.7 Å². The van der Waals surface area contributed by atoms with Crippen molar-refractivity contribution in [2.45, 2.75) is 6.18 Å². The third kappa shape index (κ3) is 4.69. The second-order valence-corrected chi connectivity index (χ2v) is 8.03. The van der Waals surface area contributed by atoms with E-state index in [-0.39, 0.29) is 16.6 Å². The van der Waals surface area contributed by atoms with Crippen molar-refractivity contribution in [3.63, 3.8) is 0 Å². The summed E-state index contributed by atoms with van der Waals surface area (Å²) in [6, 6.07) is 8.27. The van der Waals surface area contributed by atoms with Crippen molar-refractivity contribution in [2.24, 2.45) is 0 Å². The number of imidazole rings is 1. The van der Waals surface area contributed by atoms with Gasteiger partial charge in [0.15, 0.2) is 5.82 Å². The Morgan fingerprint density at radius 2 is 1.97 bits per heavy atom. The molecule has 1 amide bonds. The Labute approximate surface area is 202 Å². The van der Waals surface area contributed by atoms with E-state index in [0.29, 0.717) is 15.7 Å². The summed E-state index contributed by atoms with van der Waals surface area (Å²) in [7, 11) is 0. The minimum Gasteiger partial charge on any atom is -0.341 e. The first-order valence-electron chi connectivity index (χ1n) is 9.90. The van der Waals surface area contributed by atoms with Crippen LogP contribution >= 0.6 is 11.3 Å². The number of carbonyl (C=O) groups excluding carboxylic acids is 2. The second-order valence-electron chi connectivity index (χ2n) is 7.05. The standard InChI is InChI=1S/C20H12F3N9O3S/c21-20(22,23)18(34)35-32(17(33)14-8-24-9-26-14)15-6-10(3-4-25-15)16-30-31-19(36-16)28-12-1-2-13-11(5-12)7-27-29-13/h1-9H,(H,24,26)(H,27,29)(H,28,31). The summed E-state index contributed by atoms with van der Waals surface area (Å²) >= 11 is 1.14. The topological polar surface area (TPSA) is 155 Å². The molecule has 0 aliphatic heterocycles. The number of aromatic nitrogens is 7. The van der Waals surface area contributed by atoms with Gasteiger partial charge in [-0.3, -0.25) is 9.89 Å². The van der Waals surface area contributed by atoms with Gasteiger partial charge in [0.05, 0.1) is 24.2 Å². The number of H-pyrrole nitrogens is 2. The van der Waals surface area contributed by atoms with Gasteiger partial charge >= 0.3 is 18.1 Å². The first-order valence-corrected chi connectivity index (χ1v) is 10.7. The molecule has 5 aromatic rings. The van der Waals surface area contributed by atoms with E-state index >= 15 is 0 Å². The van der Waals surface area contributed by atoms with Crippen molar-refractivity contribution in [3.05, 3.63) is 60.9 Å². The number of halogens is 3. The van der Waals surface area contributed by atoms with Crippen LogP contribution < -0.4 is 10.4 Å². The van der Waals surface area contributed by atoms with Crippen molar-refractivity contribution in [1.82, 2.24) is 35.3 Å². The summed E-state index contributed by atoms with van der Waals surface area (Å²) in [5, 5.41) is 19.9. The normalized spacial score (nSPS) is 11.4. The molecule has 36 heavy (non-hydrogen) atoms. The Morgan fingerprint density at radius 3 is 2.75 bits per heavy atom. The van der Waals surface area contributed by atoms with Gasteiger partial charge < -0.3 is 15.1 Å². The van der Waals surface area contributed by atoms with E-state index in [2.05, 4.69) is 45.5 Å². The number of hydrogen-bond acceptors (Lipinski definition) is 10. The van der Waals surface area contributed by atoms with Crippen LogP contribution in [0.2, 0.25) is 0 Å². The smallest absolute Gasteiger partial charge is 0.341 e. The van der Waals surface area contributed by atoms with Crippen LogP contribution in [0, 0.1) is 0 Å². The van der Waals surface area contributed by atoms with Crippen LogP contribution in [0.15, 0.2) is 55.2 Å². The summed E-state index contributed by atoms with van der Waals surface area (Å²) in [6.45, 7) is 0. The van der Waals surface area contributed by atoms with Gasteiger partial charge in [-0.1, -0.05) is 11.3 Å². The average molecular weight is 515 g/mol. The van der Waals surface area contributed by atoms with Crippen molar-refractivity contribution < 1.29 is 27.6 Å². The molecule has 0 spiro atoms.